The number of nitrogens with zero attached hydrogens (tertiary/aromatic N) is 1. The lowest BCUT2D eigenvalue weighted by molar-refractivity contribution is -0.143. The topological polar surface area (TPSA) is 85.4 Å². The number of rotatable bonds is 7. The second kappa shape index (κ2) is 7.03. The summed E-state index contributed by atoms with van der Waals surface area (Å²) in [5.74, 6) is -0.336. The zero-order valence-corrected chi connectivity index (χ0v) is 12.1. The molecule has 1 rings (SSSR count). The normalized spacial score (nSPS) is 11.4. The molecule has 0 atom stereocenters. The number of thiazole rings is 1. The molecule has 102 valence electrons. The van der Waals surface area contributed by atoms with Crippen molar-refractivity contribution in [3.8, 4) is 0 Å². The van der Waals surface area contributed by atoms with E-state index in [4.69, 9.17) is 16.3 Å². The highest BCUT2D eigenvalue weighted by Crippen LogP contribution is 2.21. The molecular formula is C9H13ClN2O4S2. The van der Waals surface area contributed by atoms with E-state index < -0.39 is 10.0 Å². The van der Waals surface area contributed by atoms with Crippen LogP contribution in [0.3, 0.4) is 0 Å². The van der Waals surface area contributed by atoms with E-state index in [-0.39, 0.29) is 27.6 Å². The van der Waals surface area contributed by atoms with E-state index in [1.165, 1.54) is 6.20 Å². The number of aromatic nitrogens is 1. The first kappa shape index (κ1) is 15.4. The van der Waals surface area contributed by atoms with Crippen LogP contribution in [0.4, 0.5) is 0 Å². The number of esters is 1. The van der Waals surface area contributed by atoms with Crippen LogP contribution in [0, 0.1) is 0 Å². The number of ether oxygens (including phenoxy) is 1. The molecule has 6 nitrogen and oxygen atoms in total. The number of carbonyl (C=O) groups is 1. The first-order valence-corrected chi connectivity index (χ1v) is 7.90. The predicted octanol–water partition coefficient (Wildman–Crippen LogP) is 1.42. The average molecular weight is 313 g/mol. The standard InChI is InChI=1S/C9H13ClN2O4S2/c1-2-16-7(13)4-3-5-12-18(14,15)8-6-11-9(10)17-8/h6,12H,2-5H2,1H3. The smallest absolute Gasteiger partial charge is 0.305 e. The molecule has 0 radical (unpaired) electrons. The van der Waals surface area contributed by atoms with Crippen molar-refractivity contribution in [3.63, 3.8) is 0 Å². The van der Waals surface area contributed by atoms with Gasteiger partial charge in [-0.05, 0) is 13.3 Å². The molecule has 0 unspecified atom stereocenters. The summed E-state index contributed by atoms with van der Waals surface area (Å²) >= 11 is 6.44. The summed E-state index contributed by atoms with van der Waals surface area (Å²) in [5.41, 5.74) is 0. The summed E-state index contributed by atoms with van der Waals surface area (Å²) in [5, 5.41) is 0. The zero-order valence-electron chi connectivity index (χ0n) is 9.68. The second-order valence-corrected chi connectivity index (χ2v) is 6.85. The molecule has 0 fully saturated rings. The first-order valence-electron chi connectivity index (χ1n) is 5.22. The van der Waals surface area contributed by atoms with Gasteiger partial charge in [0, 0.05) is 13.0 Å². The maximum Gasteiger partial charge on any atom is 0.305 e. The van der Waals surface area contributed by atoms with Crippen LogP contribution in [-0.4, -0.2) is 32.5 Å². The second-order valence-electron chi connectivity index (χ2n) is 3.24. The minimum Gasteiger partial charge on any atom is -0.466 e. The van der Waals surface area contributed by atoms with Gasteiger partial charge < -0.3 is 4.74 Å². The molecule has 0 aliphatic rings. The van der Waals surface area contributed by atoms with Crippen molar-refractivity contribution in [1.82, 2.24) is 9.71 Å². The molecule has 1 aromatic rings. The molecular weight excluding hydrogens is 300 g/mol. The molecule has 1 aromatic heterocycles. The maximum atomic E-state index is 11.7. The third kappa shape index (κ3) is 4.89. The van der Waals surface area contributed by atoms with Gasteiger partial charge in [0.1, 0.15) is 0 Å². The monoisotopic (exact) mass is 312 g/mol. The Morgan fingerprint density at radius 1 is 1.61 bits per heavy atom. The molecule has 0 saturated carbocycles. The van der Waals surface area contributed by atoms with Gasteiger partial charge in [0.2, 0.25) is 0 Å². The molecule has 0 aliphatic carbocycles. The molecule has 0 saturated heterocycles. The fraction of sp³-hybridized carbons (Fsp3) is 0.556. The lowest BCUT2D eigenvalue weighted by Crippen LogP contribution is -2.24. The molecule has 0 amide bonds. The number of hydrogen-bond acceptors (Lipinski definition) is 6. The summed E-state index contributed by atoms with van der Waals surface area (Å²) in [6.07, 6.45) is 1.76. The van der Waals surface area contributed by atoms with Gasteiger partial charge in [0.15, 0.2) is 8.68 Å². The Bertz CT molecular complexity index is 500. The van der Waals surface area contributed by atoms with Gasteiger partial charge in [-0.1, -0.05) is 22.9 Å². The SMILES string of the molecule is CCOC(=O)CCCNS(=O)(=O)c1cnc(Cl)s1. The van der Waals surface area contributed by atoms with Gasteiger partial charge in [0.25, 0.3) is 10.0 Å². The van der Waals surface area contributed by atoms with Crippen molar-refractivity contribution in [2.24, 2.45) is 0 Å². The highest BCUT2D eigenvalue weighted by atomic mass is 35.5. The van der Waals surface area contributed by atoms with Crippen LogP contribution in [0.2, 0.25) is 4.47 Å². The zero-order chi connectivity index (χ0) is 13.6. The highest BCUT2D eigenvalue weighted by molar-refractivity contribution is 7.91. The van der Waals surface area contributed by atoms with E-state index in [0.717, 1.165) is 11.3 Å². The lowest BCUT2D eigenvalue weighted by Gasteiger charge is -2.04. The van der Waals surface area contributed by atoms with Crippen molar-refractivity contribution < 1.29 is 17.9 Å². The van der Waals surface area contributed by atoms with Crippen LogP contribution in [-0.2, 0) is 19.6 Å². The van der Waals surface area contributed by atoms with Crippen LogP contribution in [0.25, 0.3) is 0 Å². The summed E-state index contributed by atoms with van der Waals surface area (Å²) in [6.45, 7) is 2.20. The molecule has 0 bridgehead atoms. The van der Waals surface area contributed by atoms with E-state index >= 15 is 0 Å². The van der Waals surface area contributed by atoms with Crippen molar-refractivity contribution in [2.45, 2.75) is 24.0 Å². The van der Waals surface area contributed by atoms with E-state index in [0.29, 0.717) is 13.0 Å². The van der Waals surface area contributed by atoms with Gasteiger partial charge in [-0.3, -0.25) is 4.79 Å². The Balaban J connectivity index is 2.37. The van der Waals surface area contributed by atoms with Crippen LogP contribution in [0.1, 0.15) is 19.8 Å². The third-order valence-electron chi connectivity index (χ3n) is 1.88. The largest absolute Gasteiger partial charge is 0.466 e. The third-order valence-corrected chi connectivity index (χ3v) is 4.91. The minimum atomic E-state index is -3.58. The van der Waals surface area contributed by atoms with E-state index in [2.05, 4.69) is 9.71 Å². The molecule has 0 aromatic carbocycles. The fourth-order valence-electron chi connectivity index (χ4n) is 1.11. The number of nitrogens with one attached hydrogen (secondary N) is 1. The van der Waals surface area contributed by atoms with Crippen molar-refractivity contribution in [3.05, 3.63) is 10.7 Å². The number of halogens is 1. The van der Waals surface area contributed by atoms with Gasteiger partial charge in [-0.2, -0.15) is 0 Å². The van der Waals surface area contributed by atoms with Gasteiger partial charge in [0.05, 0.1) is 12.8 Å². The van der Waals surface area contributed by atoms with Gasteiger partial charge in [-0.25, -0.2) is 18.1 Å². The van der Waals surface area contributed by atoms with E-state index in [1.54, 1.807) is 6.92 Å². The predicted molar refractivity (Wildman–Crippen MR) is 68.2 cm³/mol. The first-order chi connectivity index (χ1) is 8.45. The highest BCUT2D eigenvalue weighted by Gasteiger charge is 2.16. The minimum absolute atomic E-state index is 0.0589. The van der Waals surface area contributed by atoms with Crippen molar-refractivity contribution in [1.29, 1.82) is 0 Å². The van der Waals surface area contributed by atoms with Crippen LogP contribution in [0.5, 0.6) is 0 Å². The fourth-order valence-corrected chi connectivity index (χ4v) is 3.52. The van der Waals surface area contributed by atoms with Crippen molar-refractivity contribution in [2.75, 3.05) is 13.2 Å². The van der Waals surface area contributed by atoms with Crippen molar-refractivity contribution >= 4 is 38.9 Å². The summed E-state index contributed by atoms with van der Waals surface area (Å²) < 4.78 is 30.7. The lowest BCUT2D eigenvalue weighted by atomic mass is 10.3. The quantitative estimate of drug-likeness (QED) is 0.608. The molecule has 9 heteroatoms. The molecule has 18 heavy (non-hydrogen) atoms. The Labute approximate surface area is 114 Å². The Kier molecular flexibility index (Phi) is 6.00. The van der Waals surface area contributed by atoms with E-state index in [1.807, 2.05) is 0 Å². The number of hydrogen-bond donors (Lipinski definition) is 1. The molecule has 1 N–H and O–H groups in total. The Morgan fingerprint density at radius 3 is 2.89 bits per heavy atom. The molecule has 0 spiro atoms. The van der Waals surface area contributed by atoms with E-state index in [9.17, 15) is 13.2 Å². The summed E-state index contributed by atoms with van der Waals surface area (Å²) in [7, 11) is -3.58. The summed E-state index contributed by atoms with van der Waals surface area (Å²) in [4.78, 5) is 14.7. The molecule has 1 heterocycles. The number of sulfonamides is 1. The average Bonchev–Trinajstić information content (AvgIpc) is 2.72. The van der Waals surface area contributed by atoms with Gasteiger partial charge in [-0.15, -0.1) is 0 Å². The Hall–Kier alpha value is -0.700. The maximum absolute atomic E-state index is 11.7. The van der Waals surface area contributed by atoms with Crippen LogP contribution < -0.4 is 4.72 Å². The summed E-state index contributed by atoms with van der Waals surface area (Å²) in [6, 6.07) is 0. The van der Waals surface area contributed by atoms with Gasteiger partial charge >= 0.3 is 5.97 Å². The van der Waals surface area contributed by atoms with Crippen LogP contribution in [0.15, 0.2) is 10.4 Å². The van der Waals surface area contributed by atoms with Crippen LogP contribution >= 0.6 is 22.9 Å². The Morgan fingerprint density at radius 2 is 2.33 bits per heavy atom. The molecule has 0 aliphatic heterocycles. The number of carbonyl (C=O) groups excluding carboxylic acids is 1.